The van der Waals surface area contributed by atoms with Gasteiger partial charge in [-0.2, -0.15) is 0 Å². The number of unbranched alkanes of at least 4 members (excludes halogenated alkanes) is 1. The molecule has 4 atom stereocenters. The molecule has 0 aliphatic heterocycles. The number of aliphatic hydroxyl groups excluding tert-OH is 1. The molecule has 1 N–H and O–H groups in total. The molecule has 5 heteroatoms. The largest absolute Gasteiger partial charge is 0.464 e. The third-order valence-electron chi connectivity index (χ3n) is 4.86. The fourth-order valence-electron chi connectivity index (χ4n) is 3.28. The first kappa shape index (κ1) is 21.1. The first-order valence-electron chi connectivity index (χ1n) is 9.33. The fourth-order valence-corrected chi connectivity index (χ4v) is 3.28. The minimum atomic E-state index is -1.39. The molecule has 1 rings (SSSR count). The van der Waals surface area contributed by atoms with Crippen LogP contribution in [0.5, 0.6) is 0 Å². The molecule has 0 aromatic heterocycles. The summed E-state index contributed by atoms with van der Waals surface area (Å²) in [6, 6.07) is 0. The lowest BCUT2D eigenvalue weighted by atomic mass is 9.75. The molecule has 0 aromatic carbocycles. The zero-order chi connectivity index (χ0) is 18.1. The predicted molar refractivity (Wildman–Crippen MR) is 92.6 cm³/mol. The monoisotopic (exact) mass is 342 g/mol. The molecule has 1 fully saturated rings. The molecular formula is C19H34O5. The van der Waals surface area contributed by atoms with Gasteiger partial charge < -0.3 is 14.6 Å². The van der Waals surface area contributed by atoms with Crippen molar-refractivity contribution in [1.29, 1.82) is 0 Å². The van der Waals surface area contributed by atoms with Gasteiger partial charge in [-0.1, -0.05) is 40.5 Å². The minimum Gasteiger partial charge on any atom is -0.464 e. The van der Waals surface area contributed by atoms with Crippen molar-refractivity contribution in [2.75, 3.05) is 13.2 Å². The summed E-state index contributed by atoms with van der Waals surface area (Å²) in [4.78, 5) is 23.6. The second-order valence-corrected chi connectivity index (χ2v) is 7.46. The smallest absolute Gasteiger partial charge is 0.335 e. The van der Waals surface area contributed by atoms with Crippen LogP contribution in [0.3, 0.4) is 0 Å². The quantitative estimate of drug-likeness (QED) is 0.488. The summed E-state index contributed by atoms with van der Waals surface area (Å²) in [5.41, 5.74) is 0. The normalized spacial score (nSPS) is 25.5. The van der Waals surface area contributed by atoms with Crippen LogP contribution < -0.4 is 0 Å². The molecule has 0 heterocycles. The van der Waals surface area contributed by atoms with Gasteiger partial charge in [-0.3, -0.25) is 4.79 Å². The number of esters is 1. The molecule has 0 aromatic rings. The average Bonchev–Trinajstić information content (AvgIpc) is 2.52. The van der Waals surface area contributed by atoms with Crippen molar-refractivity contribution in [3.05, 3.63) is 0 Å². The van der Waals surface area contributed by atoms with Gasteiger partial charge in [0.2, 0.25) is 0 Å². The van der Waals surface area contributed by atoms with Gasteiger partial charge in [0.1, 0.15) is 6.61 Å². The van der Waals surface area contributed by atoms with E-state index >= 15 is 0 Å². The molecule has 1 aliphatic rings. The van der Waals surface area contributed by atoms with Gasteiger partial charge in [-0.05, 0) is 37.0 Å². The lowest BCUT2D eigenvalue weighted by Crippen LogP contribution is -2.36. The van der Waals surface area contributed by atoms with Crippen LogP contribution >= 0.6 is 0 Å². The lowest BCUT2D eigenvalue weighted by molar-refractivity contribution is -0.156. The molecule has 1 aliphatic carbocycles. The van der Waals surface area contributed by atoms with Gasteiger partial charge in [-0.15, -0.1) is 0 Å². The van der Waals surface area contributed by atoms with Gasteiger partial charge >= 0.3 is 5.97 Å². The van der Waals surface area contributed by atoms with Crippen LogP contribution in [0.1, 0.15) is 66.2 Å². The molecule has 0 radical (unpaired) electrons. The third kappa shape index (κ3) is 7.31. The van der Waals surface area contributed by atoms with Crippen LogP contribution in [0.4, 0.5) is 0 Å². The first-order valence-corrected chi connectivity index (χ1v) is 9.33. The van der Waals surface area contributed by atoms with Crippen molar-refractivity contribution < 1.29 is 24.2 Å². The average molecular weight is 342 g/mol. The molecule has 1 saturated carbocycles. The van der Waals surface area contributed by atoms with E-state index < -0.39 is 12.1 Å². The molecule has 140 valence electrons. The van der Waals surface area contributed by atoms with Crippen LogP contribution in [-0.4, -0.2) is 42.3 Å². The summed E-state index contributed by atoms with van der Waals surface area (Å²) in [7, 11) is 0. The van der Waals surface area contributed by atoms with E-state index in [0.29, 0.717) is 17.8 Å². The number of hydrogen-bond donors (Lipinski definition) is 1. The van der Waals surface area contributed by atoms with E-state index in [-0.39, 0.29) is 31.5 Å². The number of aliphatic hydroxyl groups is 1. The van der Waals surface area contributed by atoms with Gasteiger partial charge in [0.05, 0.1) is 12.7 Å². The van der Waals surface area contributed by atoms with Crippen molar-refractivity contribution >= 4 is 11.8 Å². The van der Waals surface area contributed by atoms with Gasteiger partial charge in [0.15, 0.2) is 11.9 Å². The Bertz CT molecular complexity index is 393. The highest BCUT2D eigenvalue weighted by Crippen LogP contribution is 2.35. The Hall–Kier alpha value is -0.940. The lowest BCUT2D eigenvalue weighted by Gasteiger charge is -2.37. The first-order chi connectivity index (χ1) is 11.3. The molecule has 24 heavy (non-hydrogen) atoms. The van der Waals surface area contributed by atoms with E-state index in [0.717, 1.165) is 25.7 Å². The number of carbonyl (C=O) groups is 2. The summed E-state index contributed by atoms with van der Waals surface area (Å²) < 4.78 is 10.8. The number of rotatable bonds is 10. The van der Waals surface area contributed by atoms with Crippen LogP contribution in [0, 0.1) is 17.8 Å². The third-order valence-corrected chi connectivity index (χ3v) is 4.86. The maximum absolute atomic E-state index is 12.0. The molecule has 0 spiro atoms. The fraction of sp³-hybridized carbons (Fsp3) is 0.895. The van der Waals surface area contributed by atoms with Gasteiger partial charge in [0.25, 0.3) is 0 Å². The van der Waals surface area contributed by atoms with Crippen LogP contribution in [-0.2, 0) is 19.1 Å². The zero-order valence-electron chi connectivity index (χ0n) is 15.6. The SMILES string of the molecule is CCCCOC(=O)C(O)CC(=O)COC1CC(C)CCC1C(C)C. The van der Waals surface area contributed by atoms with Crippen molar-refractivity contribution in [3.63, 3.8) is 0 Å². The Balaban J connectivity index is 2.37. The van der Waals surface area contributed by atoms with E-state index in [1.54, 1.807) is 0 Å². The zero-order valence-corrected chi connectivity index (χ0v) is 15.6. The van der Waals surface area contributed by atoms with E-state index in [9.17, 15) is 14.7 Å². The number of ketones is 1. The van der Waals surface area contributed by atoms with Crippen molar-refractivity contribution in [3.8, 4) is 0 Å². The van der Waals surface area contributed by atoms with Crippen LogP contribution in [0.25, 0.3) is 0 Å². The summed E-state index contributed by atoms with van der Waals surface area (Å²) in [6.45, 7) is 8.82. The second-order valence-electron chi connectivity index (χ2n) is 7.46. The Morgan fingerprint density at radius 3 is 2.58 bits per heavy atom. The van der Waals surface area contributed by atoms with E-state index in [2.05, 4.69) is 20.8 Å². The number of carbonyl (C=O) groups excluding carboxylic acids is 2. The highest BCUT2D eigenvalue weighted by molar-refractivity contribution is 5.86. The topological polar surface area (TPSA) is 72.8 Å². The van der Waals surface area contributed by atoms with Crippen molar-refractivity contribution in [1.82, 2.24) is 0 Å². The highest BCUT2D eigenvalue weighted by atomic mass is 16.5. The van der Waals surface area contributed by atoms with Crippen molar-refractivity contribution in [2.45, 2.75) is 78.4 Å². The highest BCUT2D eigenvalue weighted by Gasteiger charge is 2.32. The standard InChI is InChI=1S/C19H34O5/c1-5-6-9-23-19(22)17(21)11-15(20)12-24-18-10-14(4)7-8-16(18)13(2)3/h13-14,16-18,21H,5-12H2,1-4H3. The molecule has 0 amide bonds. The molecule has 0 bridgehead atoms. The minimum absolute atomic E-state index is 0.0418. The summed E-state index contributed by atoms with van der Waals surface area (Å²) >= 11 is 0. The Morgan fingerprint density at radius 2 is 1.96 bits per heavy atom. The second kappa shape index (κ2) is 10.8. The molecular weight excluding hydrogens is 308 g/mol. The summed E-state index contributed by atoms with van der Waals surface area (Å²) in [5.74, 6) is 0.632. The van der Waals surface area contributed by atoms with Crippen molar-refractivity contribution in [2.24, 2.45) is 17.8 Å². The molecule has 5 nitrogen and oxygen atoms in total. The summed E-state index contributed by atoms with van der Waals surface area (Å²) in [5, 5.41) is 9.76. The molecule has 0 saturated heterocycles. The van der Waals surface area contributed by atoms with Crippen LogP contribution in [0.2, 0.25) is 0 Å². The maximum atomic E-state index is 12.0. The van der Waals surface area contributed by atoms with Gasteiger partial charge in [-0.25, -0.2) is 4.79 Å². The Labute approximate surface area is 146 Å². The molecule has 4 unspecified atom stereocenters. The van der Waals surface area contributed by atoms with E-state index in [1.807, 2.05) is 6.92 Å². The maximum Gasteiger partial charge on any atom is 0.335 e. The predicted octanol–water partition coefficient (Wildman–Crippen LogP) is 3.13. The van der Waals surface area contributed by atoms with E-state index in [1.165, 1.54) is 6.42 Å². The number of ether oxygens (including phenoxy) is 2. The Morgan fingerprint density at radius 1 is 1.25 bits per heavy atom. The van der Waals surface area contributed by atoms with Gasteiger partial charge in [0, 0.05) is 6.42 Å². The van der Waals surface area contributed by atoms with Crippen LogP contribution in [0.15, 0.2) is 0 Å². The Kier molecular flexibility index (Phi) is 9.52. The summed E-state index contributed by atoms with van der Waals surface area (Å²) in [6.07, 6.45) is 3.44. The number of hydrogen-bond acceptors (Lipinski definition) is 5. The van der Waals surface area contributed by atoms with E-state index in [4.69, 9.17) is 9.47 Å². The number of Topliss-reactive ketones (excluding diaryl/α,β-unsaturated/α-hetero) is 1.